The largest absolute Gasteiger partial charge is 0.347 e. The van der Waals surface area contributed by atoms with Crippen LogP contribution in [-0.4, -0.2) is 66.4 Å². The second-order valence-electron chi connectivity index (χ2n) is 9.09. The molecule has 2 atom stereocenters. The van der Waals surface area contributed by atoms with E-state index in [4.69, 9.17) is 0 Å². The third-order valence-corrected chi connectivity index (χ3v) is 6.96. The number of carbonyl (C=O) groups is 2. The summed E-state index contributed by atoms with van der Waals surface area (Å²) >= 11 is 0. The molecule has 0 bridgehead atoms. The van der Waals surface area contributed by atoms with Gasteiger partial charge in [0.1, 0.15) is 0 Å². The third kappa shape index (κ3) is 4.64. The van der Waals surface area contributed by atoms with Crippen molar-refractivity contribution in [3.63, 3.8) is 0 Å². The van der Waals surface area contributed by atoms with E-state index < -0.39 is 0 Å². The van der Waals surface area contributed by atoms with Crippen LogP contribution in [0.15, 0.2) is 24.3 Å². The van der Waals surface area contributed by atoms with Gasteiger partial charge in [0.05, 0.1) is 6.54 Å². The summed E-state index contributed by atoms with van der Waals surface area (Å²) in [5.41, 5.74) is 2.62. The van der Waals surface area contributed by atoms with Crippen LogP contribution in [0, 0.1) is 5.92 Å². The molecule has 158 valence electrons. The standard InChI is InChI=1S/C23H34N4O2/c1-18(28)25-14-22(29)26-16-21-7-3-2-6-20(21)12-23(17-26)9-4-5-11-27(23)15-19-8-10-24-13-19/h2-3,6-7,19,24H,4-5,8-17H2,1H3,(H,25,28). The number of rotatable bonds is 4. The Morgan fingerprint density at radius 2 is 2.07 bits per heavy atom. The zero-order chi connectivity index (χ0) is 20.3. The minimum atomic E-state index is -0.156. The Kier molecular flexibility index (Phi) is 6.20. The highest BCUT2D eigenvalue weighted by Crippen LogP contribution is 2.37. The summed E-state index contributed by atoms with van der Waals surface area (Å²) < 4.78 is 0. The molecule has 2 unspecified atom stereocenters. The van der Waals surface area contributed by atoms with Crippen molar-refractivity contribution >= 4 is 11.8 Å². The summed E-state index contributed by atoms with van der Waals surface area (Å²) in [5.74, 6) is 0.563. The quantitative estimate of drug-likeness (QED) is 0.808. The fourth-order valence-corrected chi connectivity index (χ4v) is 5.40. The van der Waals surface area contributed by atoms with E-state index in [2.05, 4.69) is 39.8 Å². The van der Waals surface area contributed by atoms with Gasteiger partial charge in [0.2, 0.25) is 11.8 Å². The number of hydrogen-bond acceptors (Lipinski definition) is 4. The van der Waals surface area contributed by atoms with Crippen LogP contribution in [0.3, 0.4) is 0 Å². The van der Waals surface area contributed by atoms with E-state index in [0.717, 1.165) is 45.6 Å². The normalized spacial score (nSPS) is 27.5. The topological polar surface area (TPSA) is 64.7 Å². The van der Waals surface area contributed by atoms with Crippen molar-refractivity contribution in [2.45, 2.75) is 51.1 Å². The van der Waals surface area contributed by atoms with Crippen LogP contribution in [0.2, 0.25) is 0 Å². The Labute approximate surface area is 174 Å². The number of fused-ring (bicyclic) bond motifs is 1. The molecule has 1 aromatic carbocycles. The van der Waals surface area contributed by atoms with Gasteiger partial charge < -0.3 is 15.5 Å². The highest BCUT2D eigenvalue weighted by Gasteiger charge is 2.44. The van der Waals surface area contributed by atoms with Gasteiger partial charge in [-0.05, 0) is 62.4 Å². The molecule has 3 aliphatic heterocycles. The zero-order valence-electron chi connectivity index (χ0n) is 17.6. The van der Waals surface area contributed by atoms with E-state index in [1.54, 1.807) is 0 Å². The summed E-state index contributed by atoms with van der Waals surface area (Å²) in [6.45, 7) is 7.39. The Hall–Kier alpha value is -1.92. The van der Waals surface area contributed by atoms with E-state index in [0.29, 0.717) is 12.5 Å². The number of amides is 2. The van der Waals surface area contributed by atoms with Crippen molar-refractivity contribution in [3.05, 3.63) is 35.4 Å². The maximum Gasteiger partial charge on any atom is 0.242 e. The highest BCUT2D eigenvalue weighted by atomic mass is 16.2. The van der Waals surface area contributed by atoms with Gasteiger partial charge in [0.15, 0.2) is 0 Å². The second kappa shape index (κ2) is 8.84. The molecule has 1 spiro atoms. The number of nitrogens with zero attached hydrogens (tertiary/aromatic N) is 2. The van der Waals surface area contributed by atoms with Crippen LogP contribution in [-0.2, 0) is 22.6 Å². The molecule has 3 heterocycles. The first-order valence-electron chi connectivity index (χ1n) is 11.1. The molecule has 0 saturated carbocycles. The fraction of sp³-hybridized carbons (Fsp3) is 0.652. The molecule has 2 N–H and O–H groups in total. The van der Waals surface area contributed by atoms with Crippen LogP contribution in [0.1, 0.15) is 43.7 Å². The Morgan fingerprint density at radius 1 is 1.24 bits per heavy atom. The summed E-state index contributed by atoms with van der Waals surface area (Å²) in [7, 11) is 0. The molecule has 2 amide bonds. The first-order valence-corrected chi connectivity index (χ1v) is 11.1. The number of carbonyl (C=O) groups excluding carboxylic acids is 2. The minimum Gasteiger partial charge on any atom is -0.347 e. The first kappa shape index (κ1) is 20.4. The summed E-state index contributed by atoms with van der Waals surface area (Å²) in [6, 6.07) is 8.58. The summed E-state index contributed by atoms with van der Waals surface area (Å²) in [6.07, 6.45) is 5.84. The van der Waals surface area contributed by atoms with Gasteiger partial charge in [-0.15, -0.1) is 0 Å². The van der Waals surface area contributed by atoms with E-state index in [-0.39, 0.29) is 23.9 Å². The number of benzene rings is 1. The van der Waals surface area contributed by atoms with Gasteiger partial charge >= 0.3 is 0 Å². The predicted octanol–water partition coefficient (Wildman–Crippen LogP) is 1.54. The third-order valence-electron chi connectivity index (χ3n) is 6.96. The van der Waals surface area contributed by atoms with E-state index in [9.17, 15) is 9.59 Å². The summed E-state index contributed by atoms with van der Waals surface area (Å²) in [4.78, 5) is 29.1. The van der Waals surface area contributed by atoms with E-state index >= 15 is 0 Å². The molecule has 2 saturated heterocycles. The first-order chi connectivity index (χ1) is 14.1. The molecule has 2 fully saturated rings. The van der Waals surface area contributed by atoms with Gasteiger partial charge in [0, 0.05) is 32.1 Å². The molecule has 6 heteroatoms. The maximum absolute atomic E-state index is 13.0. The number of nitrogens with one attached hydrogen (secondary N) is 2. The van der Waals surface area contributed by atoms with Crippen molar-refractivity contribution in [2.24, 2.45) is 5.92 Å². The minimum absolute atomic E-state index is 0.000668. The molecule has 1 aromatic rings. The van der Waals surface area contributed by atoms with Crippen LogP contribution >= 0.6 is 0 Å². The van der Waals surface area contributed by atoms with Crippen molar-refractivity contribution in [2.75, 3.05) is 39.3 Å². The fourth-order valence-electron chi connectivity index (χ4n) is 5.40. The Bertz CT molecular complexity index is 746. The molecule has 0 radical (unpaired) electrons. The van der Waals surface area contributed by atoms with Gasteiger partial charge in [-0.2, -0.15) is 0 Å². The van der Waals surface area contributed by atoms with Gasteiger partial charge in [-0.3, -0.25) is 14.5 Å². The Balaban J connectivity index is 1.62. The van der Waals surface area contributed by atoms with Crippen molar-refractivity contribution in [1.82, 2.24) is 20.4 Å². The highest BCUT2D eigenvalue weighted by molar-refractivity contribution is 5.83. The molecular weight excluding hydrogens is 364 g/mol. The second-order valence-corrected chi connectivity index (χ2v) is 9.09. The lowest BCUT2D eigenvalue weighted by molar-refractivity contribution is -0.135. The molecule has 4 rings (SSSR count). The lowest BCUT2D eigenvalue weighted by Crippen LogP contribution is -2.60. The predicted molar refractivity (Wildman–Crippen MR) is 113 cm³/mol. The van der Waals surface area contributed by atoms with Gasteiger partial charge in [-0.25, -0.2) is 0 Å². The summed E-state index contributed by atoms with van der Waals surface area (Å²) in [5, 5.41) is 6.20. The van der Waals surface area contributed by atoms with Crippen LogP contribution < -0.4 is 10.6 Å². The van der Waals surface area contributed by atoms with Crippen LogP contribution in [0.4, 0.5) is 0 Å². The zero-order valence-corrected chi connectivity index (χ0v) is 17.6. The van der Waals surface area contributed by atoms with E-state index in [1.807, 2.05) is 4.90 Å². The molecule has 0 aromatic heterocycles. The molecule has 3 aliphatic rings. The van der Waals surface area contributed by atoms with Crippen LogP contribution in [0.5, 0.6) is 0 Å². The number of hydrogen-bond donors (Lipinski definition) is 2. The SMILES string of the molecule is CC(=O)NCC(=O)N1Cc2ccccc2CC2(CCCCN2CC2CCNC2)C1. The Morgan fingerprint density at radius 3 is 2.83 bits per heavy atom. The monoisotopic (exact) mass is 398 g/mol. The average molecular weight is 399 g/mol. The molecule has 29 heavy (non-hydrogen) atoms. The van der Waals surface area contributed by atoms with Crippen molar-refractivity contribution < 1.29 is 9.59 Å². The maximum atomic E-state index is 13.0. The molecule has 0 aliphatic carbocycles. The van der Waals surface area contributed by atoms with Crippen molar-refractivity contribution in [3.8, 4) is 0 Å². The van der Waals surface area contributed by atoms with Crippen LogP contribution in [0.25, 0.3) is 0 Å². The smallest absolute Gasteiger partial charge is 0.242 e. The number of likely N-dealkylation sites (tertiary alicyclic amines) is 1. The lowest BCUT2D eigenvalue weighted by atomic mass is 9.80. The van der Waals surface area contributed by atoms with Gasteiger partial charge in [0.25, 0.3) is 0 Å². The number of piperidine rings is 1. The lowest BCUT2D eigenvalue weighted by Gasteiger charge is -2.49. The average Bonchev–Trinajstić information content (AvgIpc) is 3.16. The molecular formula is C23H34N4O2. The molecule has 6 nitrogen and oxygen atoms in total. The van der Waals surface area contributed by atoms with Crippen molar-refractivity contribution in [1.29, 1.82) is 0 Å². The van der Waals surface area contributed by atoms with E-state index in [1.165, 1.54) is 37.3 Å². The van der Waals surface area contributed by atoms with Gasteiger partial charge in [-0.1, -0.05) is 30.7 Å².